The number of urea groups is 1. The summed E-state index contributed by atoms with van der Waals surface area (Å²) in [4.78, 5) is 31.5. The molecular formula is C19H26N6O3. The molecule has 4 N–H and O–H groups in total. The number of hydrogen-bond acceptors (Lipinski definition) is 6. The Balaban J connectivity index is 1.91. The summed E-state index contributed by atoms with van der Waals surface area (Å²) in [5.41, 5.74) is 1.32. The van der Waals surface area contributed by atoms with Crippen LogP contribution in [0.5, 0.6) is 5.75 Å². The summed E-state index contributed by atoms with van der Waals surface area (Å²) >= 11 is 0. The van der Waals surface area contributed by atoms with E-state index < -0.39 is 6.03 Å². The summed E-state index contributed by atoms with van der Waals surface area (Å²) in [7, 11) is 0. The summed E-state index contributed by atoms with van der Waals surface area (Å²) < 4.78 is 5.57. The number of aryl methyl sites for hydroxylation is 1. The first kappa shape index (κ1) is 20.9. The lowest BCUT2D eigenvalue weighted by atomic mass is 10.3. The Morgan fingerprint density at radius 2 is 1.79 bits per heavy atom. The summed E-state index contributed by atoms with van der Waals surface area (Å²) in [6.07, 6.45) is 0.0848. The zero-order valence-electron chi connectivity index (χ0n) is 16.5. The Kier molecular flexibility index (Phi) is 7.55. The molecule has 0 fully saturated rings. The van der Waals surface area contributed by atoms with E-state index in [4.69, 9.17) is 4.74 Å². The van der Waals surface area contributed by atoms with Gasteiger partial charge in [0.2, 0.25) is 11.9 Å². The number of nitrogens with one attached hydrogen (secondary N) is 4. The number of benzene rings is 1. The molecule has 28 heavy (non-hydrogen) atoms. The van der Waals surface area contributed by atoms with Gasteiger partial charge in [-0.15, -0.1) is 0 Å². The van der Waals surface area contributed by atoms with Crippen molar-refractivity contribution in [2.75, 3.05) is 29.0 Å². The smallest absolute Gasteiger partial charge is 0.326 e. The van der Waals surface area contributed by atoms with Gasteiger partial charge >= 0.3 is 6.03 Å². The molecule has 9 nitrogen and oxygen atoms in total. The fourth-order valence-corrected chi connectivity index (χ4v) is 2.30. The third-order valence-electron chi connectivity index (χ3n) is 3.37. The number of aromatic nitrogens is 2. The largest absolute Gasteiger partial charge is 0.491 e. The van der Waals surface area contributed by atoms with Crippen molar-refractivity contribution in [2.45, 2.75) is 33.8 Å². The maximum absolute atomic E-state index is 12.2. The molecule has 0 saturated carbocycles. The van der Waals surface area contributed by atoms with Crippen molar-refractivity contribution in [2.24, 2.45) is 0 Å². The van der Waals surface area contributed by atoms with Crippen LogP contribution in [0.15, 0.2) is 30.3 Å². The summed E-state index contributed by atoms with van der Waals surface area (Å²) in [5, 5.41) is 11.1. The Morgan fingerprint density at radius 1 is 1.07 bits per heavy atom. The van der Waals surface area contributed by atoms with Crippen molar-refractivity contribution in [3.63, 3.8) is 0 Å². The van der Waals surface area contributed by atoms with E-state index in [2.05, 4.69) is 31.2 Å². The van der Waals surface area contributed by atoms with Crippen LogP contribution in [-0.4, -0.2) is 41.1 Å². The molecule has 0 aliphatic rings. The summed E-state index contributed by atoms with van der Waals surface area (Å²) in [6.45, 7) is 8.14. The van der Waals surface area contributed by atoms with Crippen LogP contribution in [0.4, 0.5) is 22.2 Å². The molecule has 3 amide bonds. The molecular weight excluding hydrogens is 360 g/mol. The number of anilines is 3. The molecule has 9 heteroatoms. The first-order chi connectivity index (χ1) is 13.3. The van der Waals surface area contributed by atoms with E-state index in [0.29, 0.717) is 30.3 Å². The molecule has 0 unspecified atom stereocenters. The minimum absolute atomic E-state index is 0.0848. The van der Waals surface area contributed by atoms with Crippen LogP contribution in [-0.2, 0) is 4.79 Å². The topological polar surface area (TPSA) is 117 Å². The number of ether oxygens (including phenoxy) is 1. The van der Waals surface area contributed by atoms with E-state index in [0.717, 1.165) is 5.75 Å². The lowest BCUT2D eigenvalue weighted by Crippen LogP contribution is -2.26. The Bertz CT molecular complexity index is 808. The van der Waals surface area contributed by atoms with Crippen LogP contribution >= 0.6 is 0 Å². The molecule has 150 valence electrons. The first-order valence-electron chi connectivity index (χ1n) is 9.00. The molecule has 0 atom stereocenters. The lowest BCUT2D eigenvalue weighted by molar-refractivity contribution is -0.118. The minimum Gasteiger partial charge on any atom is -0.491 e. The van der Waals surface area contributed by atoms with Gasteiger partial charge in [-0.1, -0.05) is 0 Å². The second kappa shape index (κ2) is 10.1. The Morgan fingerprint density at radius 3 is 2.43 bits per heavy atom. The predicted molar refractivity (Wildman–Crippen MR) is 109 cm³/mol. The highest BCUT2D eigenvalue weighted by Crippen LogP contribution is 2.17. The van der Waals surface area contributed by atoms with Crippen LogP contribution in [0.3, 0.4) is 0 Å². The van der Waals surface area contributed by atoms with Crippen molar-refractivity contribution in [3.8, 4) is 5.75 Å². The van der Waals surface area contributed by atoms with Gasteiger partial charge in [0.15, 0.2) is 0 Å². The standard InChI is InChI=1S/C19H26N6O3/c1-12(2)28-16-7-5-15(6-8-16)23-19(27)25-18-22-13(3)11-17(24-18)21-10-9-20-14(4)26/h5-8,11-12H,9-10H2,1-4H3,(H,20,26)(H3,21,22,23,24,25,27). The second-order valence-corrected chi connectivity index (χ2v) is 6.40. The van der Waals surface area contributed by atoms with Gasteiger partial charge in [-0.3, -0.25) is 10.1 Å². The molecule has 2 aromatic rings. The van der Waals surface area contributed by atoms with Crippen molar-refractivity contribution in [3.05, 3.63) is 36.0 Å². The van der Waals surface area contributed by atoms with Crippen LogP contribution in [0.1, 0.15) is 26.5 Å². The molecule has 0 saturated heterocycles. The van der Waals surface area contributed by atoms with Gasteiger partial charge < -0.3 is 20.7 Å². The van der Waals surface area contributed by atoms with Gasteiger partial charge in [0.25, 0.3) is 0 Å². The molecule has 1 aromatic heterocycles. The maximum Gasteiger partial charge on any atom is 0.326 e. The average molecular weight is 386 g/mol. The van der Waals surface area contributed by atoms with Crippen LogP contribution in [0, 0.1) is 6.92 Å². The summed E-state index contributed by atoms with van der Waals surface area (Å²) in [5.74, 6) is 1.38. The Hall–Kier alpha value is -3.36. The van der Waals surface area contributed by atoms with Crippen LogP contribution in [0.2, 0.25) is 0 Å². The predicted octanol–water partition coefficient (Wildman–Crippen LogP) is 2.76. The fourth-order valence-electron chi connectivity index (χ4n) is 2.30. The quantitative estimate of drug-likeness (QED) is 0.518. The SMILES string of the molecule is CC(=O)NCCNc1cc(C)nc(NC(=O)Nc2ccc(OC(C)C)cc2)n1. The molecule has 0 bridgehead atoms. The van der Waals surface area contributed by atoms with E-state index in [1.807, 2.05) is 13.8 Å². The third kappa shape index (κ3) is 7.48. The van der Waals surface area contributed by atoms with Gasteiger partial charge in [0.1, 0.15) is 11.6 Å². The molecule has 2 rings (SSSR count). The number of hydrogen-bond donors (Lipinski definition) is 4. The van der Waals surface area contributed by atoms with E-state index in [-0.39, 0.29) is 18.0 Å². The maximum atomic E-state index is 12.2. The van der Waals surface area contributed by atoms with Crippen molar-refractivity contribution >= 4 is 29.4 Å². The number of nitrogens with zero attached hydrogens (tertiary/aromatic N) is 2. The van der Waals surface area contributed by atoms with Gasteiger partial charge in [0.05, 0.1) is 6.10 Å². The lowest BCUT2D eigenvalue weighted by Gasteiger charge is -2.12. The van der Waals surface area contributed by atoms with Crippen molar-refractivity contribution in [1.29, 1.82) is 0 Å². The highest BCUT2D eigenvalue weighted by atomic mass is 16.5. The fraction of sp³-hybridized carbons (Fsp3) is 0.368. The van der Waals surface area contributed by atoms with E-state index in [1.54, 1.807) is 37.3 Å². The van der Waals surface area contributed by atoms with E-state index in [1.165, 1.54) is 6.92 Å². The number of carbonyl (C=O) groups excluding carboxylic acids is 2. The third-order valence-corrected chi connectivity index (χ3v) is 3.37. The number of carbonyl (C=O) groups is 2. The normalized spacial score (nSPS) is 10.3. The number of amides is 3. The molecule has 1 heterocycles. The van der Waals surface area contributed by atoms with Crippen molar-refractivity contribution < 1.29 is 14.3 Å². The number of rotatable bonds is 8. The molecule has 0 radical (unpaired) electrons. The van der Waals surface area contributed by atoms with E-state index in [9.17, 15) is 9.59 Å². The highest BCUT2D eigenvalue weighted by molar-refractivity contribution is 5.98. The zero-order valence-corrected chi connectivity index (χ0v) is 16.5. The molecule has 0 aliphatic carbocycles. The monoisotopic (exact) mass is 386 g/mol. The van der Waals surface area contributed by atoms with Gasteiger partial charge in [-0.05, 0) is 45.0 Å². The van der Waals surface area contributed by atoms with Crippen LogP contribution < -0.4 is 26.0 Å². The zero-order chi connectivity index (χ0) is 20.5. The van der Waals surface area contributed by atoms with Gasteiger partial charge in [0, 0.05) is 37.5 Å². The summed E-state index contributed by atoms with van der Waals surface area (Å²) in [6, 6.07) is 8.38. The van der Waals surface area contributed by atoms with Gasteiger partial charge in [-0.2, -0.15) is 4.98 Å². The van der Waals surface area contributed by atoms with Crippen LogP contribution in [0.25, 0.3) is 0 Å². The average Bonchev–Trinajstić information content (AvgIpc) is 2.59. The van der Waals surface area contributed by atoms with E-state index >= 15 is 0 Å². The van der Waals surface area contributed by atoms with Gasteiger partial charge in [-0.25, -0.2) is 9.78 Å². The highest BCUT2D eigenvalue weighted by Gasteiger charge is 2.08. The molecule has 1 aromatic carbocycles. The second-order valence-electron chi connectivity index (χ2n) is 6.40. The first-order valence-corrected chi connectivity index (χ1v) is 9.00. The minimum atomic E-state index is -0.452. The molecule has 0 spiro atoms. The van der Waals surface area contributed by atoms with Crippen molar-refractivity contribution in [1.82, 2.24) is 15.3 Å². The Labute approximate surface area is 164 Å². The molecule has 0 aliphatic heterocycles.